The standard InChI is InChI=1S/C12H16O/c1-8-9-5-7-12(11(9)13)6-3-2-4-10(8)12/h9H,2-7H2,1H3. The highest BCUT2D eigenvalue weighted by molar-refractivity contribution is 5.98. The Bertz CT molecular complexity index is 313. The van der Waals surface area contributed by atoms with Crippen LogP contribution in [0.5, 0.6) is 0 Å². The van der Waals surface area contributed by atoms with Gasteiger partial charge in [-0.25, -0.2) is 0 Å². The van der Waals surface area contributed by atoms with Crippen molar-refractivity contribution in [2.75, 3.05) is 0 Å². The summed E-state index contributed by atoms with van der Waals surface area (Å²) < 4.78 is 0. The van der Waals surface area contributed by atoms with E-state index in [0.29, 0.717) is 11.7 Å². The van der Waals surface area contributed by atoms with E-state index in [0.717, 1.165) is 12.8 Å². The summed E-state index contributed by atoms with van der Waals surface area (Å²) in [6, 6.07) is 0. The normalized spacial score (nSPS) is 42.8. The van der Waals surface area contributed by atoms with Crippen LogP contribution >= 0.6 is 0 Å². The maximum atomic E-state index is 12.1. The Morgan fingerprint density at radius 2 is 2.15 bits per heavy atom. The molecule has 0 heterocycles. The fraction of sp³-hybridized carbons (Fsp3) is 0.750. The highest BCUT2D eigenvalue weighted by atomic mass is 16.1. The molecule has 0 aromatic heterocycles. The molecule has 2 fully saturated rings. The van der Waals surface area contributed by atoms with Gasteiger partial charge in [-0.2, -0.15) is 0 Å². The Morgan fingerprint density at radius 1 is 1.31 bits per heavy atom. The maximum absolute atomic E-state index is 12.1. The first-order chi connectivity index (χ1) is 6.26. The lowest BCUT2D eigenvalue weighted by Crippen LogP contribution is -2.28. The highest BCUT2D eigenvalue weighted by Gasteiger charge is 2.56. The first kappa shape index (κ1) is 7.78. The quantitative estimate of drug-likeness (QED) is 0.519. The molecule has 0 radical (unpaired) electrons. The van der Waals surface area contributed by atoms with Crippen LogP contribution in [0.2, 0.25) is 0 Å². The molecule has 2 bridgehead atoms. The van der Waals surface area contributed by atoms with Gasteiger partial charge in [0.2, 0.25) is 0 Å². The summed E-state index contributed by atoms with van der Waals surface area (Å²) in [5, 5.41) is 0. The molecule has 1 spiro atoms. The number of Topliss-reactive ketones (excluding diaryl/α,β-unsaturated/α-hetero) is 1. The average molecular weight is 176 g/mol. The zero-order valence-electron chi connectivity index (χ0n) is 8.23. The molecule has 2 saturated carbocycles. The lowest BCUT2D eigenvalue weighted by atomic mass is 9.69. The second kappa shape index (κ2) is 2.26. The van der Waals surface area contributed by atoms with Gasteiger partial charge >= 0.3 is 0 Å². The Balaban J connectivity index is 2.16. The van der Waals surface area contributed by atoms with Crippen molar-refractivity contribution < 1.29 is 4.79 Å². The highest BCUT2D eigenvalue weighted by Crippen LogP contribution is 2.60. The van der Waals surface area contributed by atoms with Crippen LogP contribution in [-0.4, -0.2) is 5.78 Å². The Kier molecular flexibility index (Phi) is 1.35. The van der Waals surface area contributed by atoms with E-state index >= 15 is 0 Å². The van der Waals surface area contributed by atoms with Crippen LogP contribution in [0.25, 0.3) is 0 Å². The van der Waals surface area contributed by atoms with Crippen molar-refractivity contribution in [3.05, 3.63) is 11.1 Å². The summed E-state index contributed by atoms with van der Waals surface area (Å²) in [6.07, 6.45) is 7.28. The zero-order chi connectivity index (χ0) is 9.05. The van der Waals surface area contributed by atoms with Crippen LogP contribution in [0.15, 0.2) is 11.1 Å². The summed E-state index contributed by atoms with van der Waals surface area (Å²) in [4.78, 5) is 12.1. The number of hydrogen-bond donors (Lipinski definition) is 0. The van der Waals surface area contributed by atoms with Crippen LogP contribution in [0.3, 0.4) is 0 Å². The molecular formula is C12H16O. The van der Waals surface area contributed by atoms with Crippen molar-refractivity contribution in [2.24, 2.45) is 11.3 Å². The van der Waals surface area contributed by atoms with Crippen LogP contribution in [0.1, 0.15) is 45.4 Å². The first-order valence-electron chi connectivity index (χ1n) is 5.50. The van der Waals surface area contributed by atoms with Crippen LogP contribution < -0.4 is 0 Å². The molecule has 0 saturated heterocycles. The van der Waals surface area contributed by atoms with Gasteiger partial charge in [-0.3, -0.25) is 4.79 Å². The summed E-state index contributed by atoms with van der Waals surface area (Å²) in [6.45, 7) is 2.20. The molecule has 0 aliphatic heterocycles. The summed E-state index contributed by atoms with van der Waals surface area (Å²) in [5.74, 6) is 0.924. The van der Waals surface area contributed by atoms with Gasteiger partial charge in [0, 0.05) is 5.92 Å². The smallest absolute Gasteiger partial charge is 0.150 e. The molecule has 3 aliphatic carbocycles. The van der Waals surface area contributed by atoms with E-state index in [1.54, 1.807) is 5.57 Å². The number of allylic oxidation sites excluding steroid dienone is 2. The fourth-order valence-corrected chi connectivity index (χ4v) is 3.84. The minimum Gasteiger partial charge on any atom is -0.298 e. The van der Waals surface area contributed by atoms with Gasteiger partial charge in [0.1, 0.15) is 5.78 Å². The lowest BCUT2D eigenvalue weighted by Gasteiger charge is -2.33. The Hall–Kier alpha value is -0.590. The SMILES string of the molecule is CC1=C2CCCCC23CCC1C3=O. The summed E-state index contributed by atoms with van der Waals surface area (Å²) in [7, 11) is 0. The second-order valence-electron chi connectivity index (χ2n) is 4.91. The van der Waals surface area contributed by atoms with Crippen molar-refractivity contribution in [1.82, 2.24) is 0 Å². The van der Waals surface area contributed by atoms with E-state index in [1.807, 2.05) is 0 Å². The van der Waals surface area contributed by atoms with Crippen LogP contribution in [0.4, 0.5) is 0 Å². The summed E-state index contributed by atoms with van der Waals surface area (Å²) >= 11 is 0. The van der Waals surface area contributed by atoms with Gasteiger partial charge in [0.15, 0.2) is 0 Å². The van der Waals surface area contributed by atoms with Crippen molar-refractivity contribution in [1.29, 1.82) is 0 Å². The van der Waals surface area contributed by atoms with Crippen molar-refractivity contribution in [3.63, 3.8) is 0 Å². The molecule has 0 aromatic rings. The fourth-order valence-electron chi connectivity index (χ4n) is 3.84. The zero-order valence-corrected chi connectivity index (χ0v) is 8.23. The molecule has 13 heavy (non-hydrogen) atoms. The number of rotatable bonds is 0. The minimum absolute atomic E-state index is 0.0764. The minimum atomic E-state index is 0.0764. The second-order valence-corrected chi connectivity index (χ2v) is 4.91. The molecule has 3 aliphatic rings. The van der Waals surface area contributed by atoms with Gasteiger partial charge in [-0.05, 0) is 39.0 Å². The average Bonchev–Trinajstić information content (AvgIpc) is 2.56. The number of carbonyl (C=O) groups excluding carboxylic acids is 1. The van der Waals surface area contributed by atoms with E-state index in [1.165, 1.54) is 31.3 Å². The van der Waals surface area contributed by atoms with E-state index in [4.69, 9.17) is 0 Å². The molecule has 1 nitrogen and oxygen atoms in total. The van der Waals surface area contributed by atoms with Crippen molar-refractivity contribution in [2.45, 2.75) is 45.4 Å². The number of fused-ring (bicyclic) bond motifs is 1. The number of ketones is 1. The number of carbonyl (C=O) groups is 1. The van der Waals surface area contributed by atoms with E-state index < -0.39 is 0 Å². The summed E-state index contributed by atoms with van der Waals surface area (Å²) in [5.41, 5.74) is 3.09. The third-order valence-corrected chi connectivity index (χ3v) is 4.50. The Morgan fingerprint density at radius 3 is 2.92 bits per heavy atom. The largest absolute Gasteiger partial charge is 0.298 e. The molecule has 0 N–H and O–H groups in total. The van der Waals surface area contributed by atoms with Gasteiger partial charge in [0.25, 0.3) is 0 Å². The molecule has 0 amide bonds. The molecule has 70 valence electrons. The third kappa shape index (κ3) is 0.722. The van der Waals surface area contributed by atoms with Crippen molar-refractivity contribution >= 4 is 5.78 Å². The van der Waals surface area contributed by atoms with Crippen LogP contribution in [-0.2, 0) is 4.79 Å². The van der Waals surface area contributed by atoms with Gasteiger partial charge in [0.05, 0.1) is 5.41 Å². The molecular weight excluding hydrogens is 160 g/mol. The molecule has 0 aromatic carbocycles. The molecule has 3 rings (SSSR count). The van der Waals surface area contributed by atoms with E-state index in [2.05, 4.69) is 6.92 Å². The number of hydrogen-bond acceptors (Lipinski definition) is 1. The molecule has 2 atom stereocenters. The monoisotopic (exact) mass is 176 g/mol. The predicted octanol–water partition coefficient (Wildman–Crippen LogP) is 2.86. The van der Waals surface area contributed by atoms with Gasteiger partial charge in [-0.15, -0.1) is 0 Å². The van der Waals surface area contributed by atoms with E-state index in [9.17, 15) is 4.79 Å². The van der Waals surface area contributed by atoms with E-state index in [-0.39, 0.29) is 5.41 Å². The first-order valence-corrected chi connectivity index (χ1v) is 5.50. The van der Waals surface area contributed by atoms with Gasteiger partial charge in [-0.1, -0.05) is 17.6 Å². The van der Waals surface area contributed by atoms with Gasteiger partial charge < -0.3 is 0 Å². The Labute approximate surface area is 79.2 Å². The van der Waals surface area contributed by atoms with Crippen molar-refractivity contribution in [3.8, 4) is 0 Å². The topological polar surface area (TPSA) is 17.1 Å². The third-order valence-electron chi connectivity index (χ3n) is 4.50. The lowest BCUT2D eigenvalue weighted by molar-refractivity contribution is -0.125. The molecule has 1 heteroatoms. The van der Waals surface area contributed by atoms with Crippen LogP contribution in [0, 0.1) is 11.3 Å². The predicted molar refractivity (Wildman–Crippen MR) is 51.3 cm³/mol. The molecule has 2 unspecified atom stereocenters. The maximum Gasteiger partial charge on any atom is 0.150 e.